The largest absolute Gasteiger partial charge is 0.497 e. The predicted octanol–water partition coefficient (Wildman–Crippen LogP) is 2.75. The van der Waals surface area contributed by atoms with Crippen molar-refractivity contribution in [2.45, 2.75) is 6.54 Å². The maximum Gasteiger partial charge on any atom is 0.266 e. The summed E-state index contributed by atoms with van der Waals surface area (Å²) < 4.78 is 12.0. The van der Waals surface area contributed by atoms with Crippen LogP contribution in [-0.4, -0.2) is 61.6 Å². The van der Waals surface area contributed by atoms with E-state index in [4.69, 9.17) is 9.47 Å². The summed E-state index contributed by atoms with van der Waals surface area (Å²) >= 11 is 0. The maximum atomic E-state index is 12.3. The van der Waals surface area contributed by atoms with Crippen LogP contribution in [0.15, 0.2) is 65.5 Å². The van der Waals surface area contributed by atoms with E-state index in [0.29, 0.717) is 6.54 Å². The van der Waals surface area contributed by atoms with E-state index in [1.54, 1.807) is 31.0 Å². The number of methoxy groups -OCH3 is 2. The van der Waals surface area contributed by atoms with E-state index in [0.717, 1.165) is 55.5 Å². The summed E-state index contributed by atoms with van der Waals surface area (Å²) in [4.78, 5) is 17.1. The number of aromatic nitrogens is 2. The van der Waals surface area contributed by atoms with Crippen molar-refractivity contribution in [2.75, 3.05) is 51.8 Å². The van der Waals surface area contributed by atoms with Gasteiger partial charge in [-0.1, -0.05) is 0 Å². The summed E-state index contributed by atoms with van der Waals surface area (Å²) in [5, 5.41) is 4.58. The zero-order chi connectivity index (χ0) is 21.6. The Kier molecular flexibility index (Phi) is 6.52. The molecule has 0 unspecified atom stereocenters. The molecule has 7 heteroatoms. The molecule has 1 saturated heterocycles. The van der Waals surface area contributed by atoms with E-state index < -0.39 is 0 Å². The van der Waals surface area contributed by atoms with Crippen LogP contribution in [-0.2, 0) is 6.54 Å². The molecule has 2 aromatic carbocycles. The third-order valence-electron chi connectivity index (χ3n) is 5.69. The van der Waals surface area contributed by atoms with Gasteiger partial charge in [0.05, 0.1) is 26.5 Å². The Labute approximate surface area is 182 Å². The Balaban J connectivity index is 1.34. The van der Waals surface area contributed by atoms with Crippen LogP contribution >= 0.6 is 0 Å². The monoisotopic (exact) mass is 420 g/mol. The Morgan fingerprint density at radius 2 is 1.39 bits per heavy atom. The summed E-state index contributed by atoms with van der Waals surface area (Å²) in [6.07, 6.45) is 0. The maximum absolute atomic E-state index is 12.3. The average molecular weight is 421 g/mol. The van der Waals surface area contributed by atoms with E-state index in [2.05, 4.69) is 27.0 Å². The molecule has 1 aliphatic rings. The van der Waals surface area contributed by atoms with Gasteiger partial charge in [0.2, 0.25) is 0 Å². The highest BCUT2D eigenvalue weighted by Crippen LogP contribution is 2.21. The number of benzene rings is 2. The highest BCUT2D eigenvalue weighted by Gasteiger charge is 2.17. The van der Waals surface area contributed by atoms with Gasteiger partial charge in [0, 0.05) is 50.0 Å². The lowest BCUT2D eigenvalue weighted by Gasteiger charge is -2.36. The van der Waals surface area contributed by atoms with Crippen LogP contribution in [0.5, 0.6) is 11.5 Å². The smallest absolute Gasteiger partial charge is 0.266 e. The topological polar surface area (TPSA) is 59.8 Å². The van der Waals surface area contributed by atoms with Crippen molar-refractivity contribution in [3.05, 3.63) is 71.0 Å². The number of hydrogen-bond donors (Lipinski definition) is 0. The molecule has 0 saturated carbocycles. The number of piperazine rings is 1. The minimum atomic E-state index is -0.0749. The van der Waals surface area contributed by atoms with Gasteiger partial charge in [0.25, 0.3) is 5.56 Å². The first-order valence-corrected chi connectivity index (χ1v) is 10.5. The summed E-state index contributed by atoms with van der Waals surface area (Å²) in [6.45, 7) is 5.21. The van der Waals surface area contributed by atoms with E-state index in [1.165, 1.54) is 5.69 Å². The molecule has 0 spiro atoms. The zero-order valence-corrected chi connectivity index (χ0v) is 18.0. The van der Waals surface area contributed by atoms with Crippen LogP contribution < -0.4 is 19.9 Å². The van der Waals surface area contributed by atoms with Crippen LogP contribution in [0.25, 0.3) is 11.3 Å². The minimum absolute atomic E-state index is 0.0749. The lowest BCUT2D eigenvalue weighted by molar-refractivity contribution is 0.243. The first kappa shape index (κ1) is 20.9. The second-order valence-electron chi connectivity index (χ2n) is 7.54. The van der Waals surface area contributed by atoms with E-state index in [1.807, 2.05) is 36.4 Å². The normalized spacial score (nSPS) is 14.5. The molecule has 7 nitrogen and oxygen atoms in total. The van der Waals surface area contributed by atoms with Gasteiger partial charge in [0.15, 0.2) is 0 Å². The number of ether oxygens (including phenoxy) is 2. The van der Waals surface area contributed by atoms with Crippen molar-refractivity contribution < 1.29 is 9.47 Å². The third-order valence-corrected chi connectivity index (χ3v) is 5.69. The van der Waals surface area contributed by atoms with Crippen molar-refractivity contribution in [2.24, 2.45) is 0 Å². The molecule has 0 N–H and O–H groups in total. The zero-order valence-electron chi connectivity index (χ0n) is 18.0. The minimum Gasteiger partial charge on any atom is -0.497 e. The highest BCUT2D eigenvalue weighted by molar-refractivity contribution is 5.59. The molecule has 0 amide bonds. The van der Waals surface area contributed by atoms with Crippen LogP contribution in [0.3, 0.4) is 0 Å². The Bertz CT molecular complexity index is 1040. The fourth-order valence-corrected chi connectivity index (χ4v) is 3.78. The van der Waals surface area contributed by atoms with E-state index in [-0.39, 0.29) is 5.56 Å². The second kappa shape index (κ2) is 9.66. The fourth-order valence-electron chi connectivity index (χ4n) is 3.78. The molecule has 0 atom stereocenters. The number of rotatable bonds is 7. The molecule has 0 bridgehead atoms. The fraction of sp³-hybridized carbons (Fsp3) is 0.333. The van der Waals surface area contributed by atoms with Gasteiger partial charge in [-0.15, -0.1) is 0 Å². The lowest BCUT2D eigenvalue weighted by atomic mass is 10.1. The number of hydrogen-bond acceptors (Lipinski definition) is 6. The van der Waals surface area contributed by atoms with Gasteiger partial charge in [-0.3, -0.25) is 9.69 Å². The average Bonchev–Trinajstić information content (AvgIpc) is 2.84. The molecule has 3 aromatic rings. The summed E-state index contributed by atoms with van der Waals surface area (Å²) in [6, 6.07) is 19.3. The van der Waals surface area contributed by atoms with Crippen molar-refractivity contribution >= 4 is 5.69 Å². The summed E-state index contributed by atoms with van der Waals surface area (Å²) in [7, 11) is 3.32. The Morgan fingerprint density at radius 3 is 2.00 bits per heavy atom. The predicted molar refractivity (Wildman–Crippen MR) is 122 cm³/mol. The molecule has 1 fully saturated rings. The molecule has 1 aromatic heterocycles. The summed E-state index contributed by atoms with van der Waals surface area (Å²) in [5.41, 5.74) is 2.88. The van der Waals surface area contributed by atoms with Crippen LogP contribution in [0.2, 0.25) is 0 Å². The standard InChI is InChI=1S/C24H28N4O3/c1-30-21-7-3-19(4-8-21)23-11-12-24(29)28(25-23)18-15-26-13-16-27(17-14-26)20-5-9-22(31-2)10-6-20/h3-12H,13-18H2,1-2H3. The number of anilines is 1. The van der Waals surface area contributed by atoms with E-state index >= 15 is 0 Å². The molecular formula is C24H28N4O3. The third kappa shape index (κ3) is 5.06. The van der Waals surface area contributed by atoms with Crippen molar-refractivity contribution in [1.82, 2.24) is 14.7 Å². The molecule has 2 heterocycles. The first-order valence-electron chi connectivity index (χ1n) is 10.5. The molecule has 31 heavy (non-hydrogen) atoms. The van der Waals surface area contributed by atoms with Crippen molar-refractivity contribution in [1.29, 1.82) is 0 Å². The molecular weight excluding hydrogens is 392 g/mol. The van der Waals surface area contributed by atoms with Gasteiger partial charge >= 0.3 is 0 Å². The molecule has 1 aliphatic heterocycles. The lowest BCUT2D eigenvalue weighted by Crippen LogP contribution is -2.47. The highest BCUT2D eigenvalue weighted by atomic mass is 16.5. The second-order valence-corrected chi connectivity index (χ2v) is 7.54. The SMILES string of the molecule is COc1ccc(-c2ccc(=O)n(CCN3CCN(c4ccc(OC)cc4)CC3)n2)cc1. The van der Waals surface area contributed by atoms with Crippen molar-refractivity contribution in [3.63, 3.8) is 0 Å². The van der Waals surface area contributed by atoms with Gasteiger partial charge in [0.1, 0.15) is 11.5 Å². The number of nitrogens with zero attached hydrogens (tertiary/aromatic N) is 4. The van der Waals surface area contributed by atoms with Gasteiger partial charge in [-0.05, 0) is 54.6 Å². The van der Waals surface area contributed by atoms with Crippen LogP contribution in [0, 0.1) is 0 Å². The Hall–Kier alpha value is -3.32. The summed E-state index contributed by atoms with van der Waals surface area (Å²) in [5.74, 6) is 1.67. The van der Waals surface area contributed by atoms with Crippen LogP contribution in [0.1, 0.15) is 0 Å². The van der Waals surface area contributed by atoms with Gasteiger partial charge < -0.3 is 14.4 Å². The van der Waals surface area contributed by atoms with Gasteiger partial charge in [-0.2, -0.15) is 5.10 Å². The molecule has 162 valence electrons. The Morgan fingerprint density at radius 1 is 0.774 bits per heavy atom. The molecule has 0 radical (unpaired) electrons. The first-order chi connectivity index (χ1) is 15.2. The molecule has 4 rings (SSSR count). The van der Waals surface area contributed by atoms with Crippen molar-refractivity contribution in [3.8, 4) is 22.8 Å². The molecule has 0 aliphatic carbocycles. The van der Waals surface area contributed by atoms with Gasteiger partial charge in [-0.25, -0.2) is 4.68 Å². The van der Waals surface area contributed by atoms with Crippen LogP contribution in [0.4, 0.5) is 5.69 Å². The van der Waals surface area contributed by atoms with E-state index in [9.17, 15) is 4.79 Å². The quantitative estimate of drug-likeness (QED) is 0.586.